The predicted octanol–water partition coefficient (Wildman–Crippen LogP) is 1.29. The van der Waals surface area contributed by atoms with Crippen LogP contribution >= 0.6 is 0 Å². The standard InChI is InChI=1S/C9H18O4/c1-2-12-6-4-3-5-7-13-8-9(10)11/h2-8H2,1H3,(H,10,11). The summed E-state index contributed by atoms with van der Waals surface area (Å²) < 4.78 is 10.0. The zero-order valence-electron chi connectivity index (χ0n) is 8.12. The van der Waals surface area contributed by atoms with Gasteiger partial charge in [-0.2, -0.15) is 0 Å². The summed E-state index contributed by atoms with van der Waals surface area (Å²) in [7, 11) is 0. The van der Waals surface area contributed by atoms with Gasteiger partial charge in [-0.15, -0.1) is 0 Å². The van der Waals surface area contributed by atoms with Crippen LogP contribution < -0.4 is 0 Å². The summed E-state index contributed by atoms with van der Waals surface area (Å²) in [5.41, 5.74) is 0. The SMILES string of the molecule is CCOCCCCCOCC(=O)O. The highest BCUT2D eigenvalue weighted by atomic mass is 16.5. The van der Waals surface area contributed by atoms with Crippen LogP contribution in [0.25, 0.3) is 0 Å². The average Bonchev–Trinajstić information content (AvgIpc) is 2.09. The molecular weight excluding hydrogens is 172 g/mol. The van der Waals surface area contributed by atoms with Gasteiger partial charge in [-0.1, -0.05) is 0 Å². The van der Waals surface area contributed by atoms with E-state index < -0.39 is 5.97 Å². The molecule has 1 N–H and O–H groups in total. The molecule has 0 aliphatic heterocycles. The molecular formula is C9H18O4. The number of carboxylic acid groups (broad SMARTS) is 1. The zero-order chi connectivity index (χ0) is 9.94. The van der Waals surface area contributed by atoms with Gasteiger partial charge in [-0.25, -0.2) is 4.79 Å². The topological polar surface area (TPSA) is 55.8 Å². The van der Waals surface area contributed by atoms with E-state index >= 15 is 0 Å². The van der Waals surface area contributed by atoms with E-state index in [4.69, 9.17) is 14.6 Å². The lowest BCUT2D eigenvalue weighted by Gasteiger charge is -2.01. The van der Waals surface area contributed by atoms with E-state index in [0.29, 0.717) is 6.61 Å². The van der Waals surface area contributed by atoms with E-state index in [1.54, 1.807) is 0 Å². The van der Waals surface area contributed by atoms with Crippen molar-refractivity contribution in [2.75, 3.05) is 26.4 Å². The maximum absolute atomic E-state index is 10.0. The van der Waals surface area contributed by atoms with Gasteiger partial charge in [0.1, 0.15) is 6.61 Å². The van der Waals surface area contributed by atoms with E-state index in [9.17, 15) is 4.79 Å². The fraction of sp³-hybridized carbons (Fsp3) is 0.889. The molecule has 0 rings (SSSR count). The number of ether oxygens (including phenoxy) is 2. The smallest absolute Gasteiger partial charge is 0.329 e. The second-order valence-electron chi connectivity index (χ2n) is 2.70. The third kappa shape index (κ3) is 11.4. The summed E-state index contributed by atoms with van der Waals surface area (Å²) in [5.74, 6) is -0.908. The Kier molecular flexibility index (Phi) is 9.03. The Balaban J connectivity index is 2.87. The lowest BCUT2D eigenvalue weighted by Crippen LogP contribution is -2.07. The third-order valence-corrected chi connectivity index (χ3v) is 1.51. The van der Waals surface area contributed by atoms with E-state index in [1.807, 2.05) is 6.92 Å². The number of unbranched alkanes of at least 4 members (excludes halogenated alkanes) is 2. The molecule has 0 aromatic rings. The molecule has 13 heavy (non-hydrogen) atoms. The molecule has 0 atom stereocenters. The second-order valence-corrected chi connectivity index (χ2v) is 2.70. The summed E-state index contributed by atoms with van der Waals surface area (Å²) in [4.78, 5) is 10.0. The van der Waals surface area contributed by atoms with Crippen molar-refractivity contribution < 1.29 is 19.4 Å². The first-order valence-electron chi connectivity index (χ1n) is 4.64. The van der Waals surface area contributed by atoms with Gasteiger partial charge in [0, 0.05) is 19.8 Å². The van der Waals surface area contributed by atoms with E-state index in [-0.39, 0.29) is 6.61 Å². The van der Waals surface area contributed by atoms with Crippen LogP contribution in [-0.4, -0.2) is 37.5 Å². The Bertz CT molecular complexity index is 125. The van der Waals surface area contributed by atoms with Gasteiger partial charge in [0.05, 0.1) is 0 Å². The second kappa shape index (κ2) is 9.48. The molecule has 0 spiro atoms. The van der Waals surface area contributed by atoms with Crippen LogP contribution in [0.5, 0.6) is 0 Å². The van der Waals surface area contributed by atoms with E-state index in [1.165, 1.54) is 0 Å². The normalized spacial score (nSPS) is 10.2. The van der Waals surface area contributed by atoms with Crippen LogP contribution in [0, 0.1) is 0 Å². The monoisotopic (exact) mass is 190 g/mol. The molecule has 0 heterocycles. The minimum absolute atomic E-state index is 0.189. The number of carboxylic acids is 1. The Morgan fingerprint density at radius 1 is 1.15 bits per heavy atom. The predicted molar refractivity (Wildman–Crippen MR) is 48.8 cm³/mol. The maximum Gasteiger partial charge on any atom is 0.329 e. The average molecular weight is 190 g/mol. The molecule has 0 aliphatic carbocycles. The Hall–Kier alpha value is -0.610. The van der Waals surface area contributed by atoms with Crippen LogP contribution in [0.3, 0.4) is 0 Å². The fourth-order valence-electron chi connectivity index (χ4n) is 0.889. The molecule has 0 fully saturated rings. The third-order valence-electron chi connectivity index (χ3n) is 1.51. The van der Waals surface area contributed by atoms with Crippen LogP contribution in [0.2, 0.25) is 0 Å². The zero-order valence-corrected chi connectivity index (χ0v) is 8.12. The summed E-state index contributed by atoms with van der Waals surface area (Å²) in [6.07, 6.45) is 2.95. The van der Waals surface area contributed by atoms with Crippen molar-refractivity contribution in [3.63, 3.8) is 0 Å². The summed E-state index contributed by atoms with van der Waals surface area (Å²) in [6.45, 7) is 3.85. The van der Waals surface area contributed by atoms with Crippen molar-refractivity contribution in [3.05, 3.63) is 0 Å². The van der Waals surface area contributed by atoms with Crippen LogP contribution in [0.15, 0.2) is 0 Å². The Morgan fingerprint density at radius 3 is 2.31 bits per heavy atom. The first kappa shape index (κ1) is 12.4. The number of hydrogen-bond acceptors (Lipinski definition) is 3. The molecule has 4 heteroatoms. The molecule has 0 bridgehead atoms. The summed E-state index contributed by atoms with van der Waals surface area (Å²) in [6, 6.07) is 0. The maximum atomic E-state index is 10.0. The number of rotatable bonds is 9. The highest BCUT2D eigenvalue weighted by Crippen LogP contribution is 1.96. The Morgan fingerprint density at radius 2 is 1.77 bits per heavy atom. The van der Waals surface area contributed by atoms with Gasteiger partial charge in [0.2, 0.25) is 0 Å². The molecule has 0 saturated carbocycles. The van der Waals surface area contributed by atoms with Gasteiger partial charge in [-0.3, -0.25) is 0 Å². The first-order chi connectivity index (χ1) is 6.27. The van der Waals surface area contributed by atoms with Gasteiger partial charge in [0.15, 0.2) is 0 Å². The van der Waals surface area contributed by atoms with Gasteiger partial charge in [0.25, 0.3) is 0 Å². The quantitative estimate of drug-likeness (QED) is 0.557. The summed E-state index contributed by atoms with van der Waals surface area (Å²) in [5, 5.41) is 8.24. The molecule has 4 nitrogen and oxygen atoms in total. The van der Waals surface area contributed by atoms with E-state index in [0.717, 1.165) is 32.5 Å². The molecule has 0 aromatic heterocycles. The van der Waals surface area contributed by atoms with Crippen molar-refractivity contribution in [3.8, 4) is 0 Å². The van der Waals surface area contributed by atoms with Gasteiger partial charge >= 0.3 is 5.97 Å². The number of carbonyl (C=O) groups is 1. The minimum Gasteiger partial charge on any atom is -0.480 e. The molecule has 0 radical (unpaired) electrons. The number of aliphatic carboxylic acids is 1. The first-order valence-corrected chi connectivity index (χ1v) is 4.64. The minimum atomic E-state index is -0.908. The lowest BCUT2D eigenvalue weighted by atomic mass is 10.2. The molecule has 0 aliphatic rings. The number of hydrogen-bond donors (Lipinski definition) is 1. The van der Waals surface area contributed by atoms with Crippen molar-refractivity contribution >= 4 is 5.97 Å². The van der Waals surface area contributed by atoms with E-state index in [2.05, 4.69) is 0 Å². The van der Waals surface area contributed by atoms with Crippen molar-refractivity contribution in [1.82, 2.24) is 0 Å². The summed E-state index contributed by atoms with van der Waals surface area (Å²) >= 11 is 0. The molecule has 0 saturated heterocycles. The molecule has 0 unspecified atom stereocenters. The van der Waals surface area contributed by atoms with Crippen LogP contribution in [0.4, 0.5) is 0 Å². The van der Waals surface area contributed by atoms with Crippen molar-refractivity contribution in [2.45, 2.75) is 26.2 Å². The molecule has 0 aromatic carbocycles. The molecule has 0 amide bonds. The van der Waals surface area contributed by atoms with Gasteiger partial charge in [-0.05, 0) is 26.2 Å². The Labute approximate surface area is 78.8 Å². The fourth-order valence-corrected chi connectivity index (χ4v) is 0.889. The molecule has 78 valence electrons. The highest BCUT2D eigenvalue weighted by Gasteiger charge is 1.95. The highest BCUT2D eigenvalue weighted by molar-refractivity contribution is 5.67. The lowest BCUT2D eigenvalue weighted by molar-refractivity contribution is -0.142. The van der Waals surface area contributed by atoms with Crippen LogP contribution in [-0.2, 0) is 14.3 Å². The van der Waals surface area contributed by atoms with Crippen LogP contribution in [0.1, 0.15) is 26.2 Å². The van der Waals surface area contributed by atoms with Crippen molar-refractivity contribution in [2.24, 2.45) is 0 Å². The van der Waals surface area contributed by atoms with Crippen molar-refractivity contribution in [1.29, 1.82) is 0 Å². The largest absolute Gasteiger partial charge is 0.480 e. The van der Waals surface area contributed by atoms with Gasteiger partial charge < -0.3 is 14.6 Å².